The highest BCUT2D eigenvalue weighted by Gasteiger charge is 2.54. The van der Waals surface area contributed by atoms with Gasteiger partial charge >= 0.3 is 11.9 Å². The Bertz CT molecular complexity index is 1910. The van der Waals surface area contributed by atoms with Crippen LogP contribution in [0.5, 0.6) is 0 Å². The molecular formula is C32H30F3N5O7S. The molecule has 2 atom stereocenters. The Hall–Kier alpha value is -4.83. The number of piperazine rings is 1. The fourth-order valence-corrected chi connectivity index (χ4v) is 7.38. The number of alkyl halides is 1. The van der Waals surface area contributed by atoms with Crippen molar-refractivity contribution < 1.29 is 42.2 Å². The summed E-state index contributed by atoms with van der Waals surface area (Å²) in [5.41, 5.74) is -3.10. The number of nitrogens with zero attached hydrogens (tertiary/aromatic N) is 3. The van der Waals surface area contributed by atoms with Crippen LogP contribution >= 0.6 is 11.8 Å². The minimum atomic E-state index is -1.48. The van der Waals surface area contributed by atoms with Gasteiger partial charge in [0, 0.05) is 37.5 Å². The van der Waals surface area contributed by atoms with Crippen LogP contribution in [-0.4, -0.2) is 101 Å². The standard InChI is InChI=1S/C32H30F3N5O7S/c1-38-7-9-39(10-8-38)27-19(34)12-18-24(23(27)35)36-20(13-33)22(28(18)42)32(46)47-14-17-15-48-30-25(29(43)40(30)26(17)31(44)45)37-21(41)11-16-5-3-2-4-6-16/h2-6,12,25,30H,7-11,13-15H2,1H3,(H,36,42)(H,37,41)(H,44,45)/t25?,30-/m1/s1. The third kappa shape index (κ3) is 6.01. The number of carbonyl (C=O) groups excluding carboxylic acids is 3. The molecule has 12 nitrogen and oxygen atoms in total. The van der Waals surface area contributed by atoms with Gasteiger partial charge in [-0.1, -0.05) is 30.3 Å². The van der Waals surface area contributed by atoms with Gasteiger partial charge < -0.3 is 29.9 Å². The predicted octanol–water partition coefficient (Wildman–Crippen LogP) is 2.17. The number of pyridine rings is 1. The van der Waals surface area contributed by atoms with Crippen molar-refractivity contribution in [1.82, 2.24) is 20.1 Å². The Kier molecular flexibility index (Phi) is 9.20. The minimum Gasteiger partial charge on any atom is -0.477 e. The summed E-state index contributed by atoms with van der Waals surface area (Å²) in [5, 5.41) is 11.3. The van der Waals surface area contributed by atoms with Crippen LogP contribution in [0, 0.1) is 11.6 Å². The number of nitrogens with one attached hydrogen (secondary N) is 2. The van der Waals surface area contributed by atoms with Crippen molar-refractivity contribution in [3.8, 4) is 0 Å². The Morgan fingerprint density at radius 3 is 2.48 bits per heavy atom. The second-order valence-corrected chi connectivity index (χ2v) is 12.7. The second kappa shape index (κ2) is 13.4. The summed E-state index contributed by atoms with van der Waals surface area (Å²) in [6.45, 7) is -0.337. The summed E-state index contributed by atoms with van der Waals surface area (Å²) in [4.78, 5) is 71.2. The van der Waals surface area contributed by atoms with Crippen LogP contribution in [0.3, 0.4) is 0 Å². The van der Waals surface area contributed by atoms with Crippen LogP contribution in [0.25, 0.3) is 10.9 Å². The van der Waals surface area contributed by atoms with E-state index < -0.39 is 93.4 Å². The number of ether oxygens (including phenoxy) is 1. The molecule has 3 aromatic rings. The Morgan fingerprint density at radius 2 is 1.81 bits per heavy atom. The molecule has 3 aliphatic rings. The van der Waals surface area contributed by atoms with Crippen LogP contribution in [0.15, 0.2) is 52.5 Å². The molecule has 0 bridgehead atoms. The third-order valence-corrected chi connectivity index (χ3v) is 9.89. The molecule has 3 N–H and O–H groups in total. The minimum absolute atomic E-state index is 0.00997. The Balaban J connectivity index is 1.21. The quantitative estimate of drug-likeness (QED) is 0.226. The lowest BCUT2D eigenvalue weighted by Gasteiger charge is -2.49. The number of benzene rings is 2. The van der Waals surface area contributed by atoms with E-state index in [1.807, 2.05) is 11.9 Å². The normalized spacial score (nSPS) is 19.6. The number of aliphatic carboxylic acids is 1. The summed E-state index contributed by atoms with van der Waals surface area (Å²) in [6, 6.07) is 8.68. The van der Waals surface area contributed by atoms with E-state index in [1.165, 1.54) is 4.90 Å². The zero-order valence-corrected chi connectivity index (χ0v) is 26.4. The second-order valence-electron chi connectivity index (χ2n) is 11.6. The van der Waals surface area contributed by atoms with E-state index in [0.29, 0.717) is 26.2 Å². The summed E-state index contributed by atoms with van der Waals surface area (Å²) in [7, 11) is 1.87. The van der Waals surface area contributed by atoms with Gasteiger partial charge in [0.25, 0.3) is 5.91 Å². The molecule has 48 heavy (non-hydrogen) atoms. The van der Waals surface area contributed by atoms with Gasteiger partial charge in [0.05, 0.1) is 23.0 Å². The van der Waals surface area contributed by atoms with E-state index in [9.17, 15) is 33.5 Å². The number of aromatic nitrogens is 1. The van der Waals surface area contributed by atoms with Crippen molar-refractivity contribution in [2.45, 2.75) is 24.5 Å². The third-order valence-electron chi connectivity index (χ3n) is 8.55. The first kappa shape index (κ1) is 33.1. The molecule has 1 unspecified atom stereocenters. The van der Waals surface area contributed by atoms with E-state index >= 15 is 8.78 Å². The lowest BCUT2D eigenvalue weighted by atomic mass is 10.0. The number of hydrogen-bond acceptors (Lipinski definition) is 9. The van der Waals surface area contributed by atoms with E-state index in [-0.39, 0.29) is 23.4 Å². The topological polar surface area (TPSA) is 152 Å². The Morgan fingerprint density at radius 1 is 1.10 bits per heavy atom. The van der Waals surface area contributed by atoms with Crippen LogP contribution in [-0.2, 0) is 32.2 Å². The van der Waals surface area contributed by atoms with Crippen molar-refractivity contribution >= 4 is 52.1 Å². The maximum absolute atomic E-state index is 15.6. The van der Waals surface area contributed by atoms with Gasteiger partial charge in [0.2, 0.25) is 11.3 Å². The molecule has 2 aromatic carbocycles. The van der Waals surface area contributed by atoms with Crippen molar-refractivity contribution in [3.63, 3.8) is 0 Å². The number of β-lactam (4-membered cyclic amide) rings is 1. The number of amides is 2. The number of fused-ring (bicyclic) bond motifs is 2. The molecule has 0 aliphatic carbocycles. The Labute approximate surface area is 275 Å². The van der Waals surface area contributed by atoms with Gasteiger partial charge in [-0.15, -0.1) is 11.8 Å². The fraction of sp³-hybridized carbons (Fsp3) is 0.344. The SMILES string of the molecule is CN1CCN(c2c(F)cc3c(=O)c(C(=O)OCC4=C(C(=O)O)N5C(=O)C(NC(=O)Cc6ccccc6)[C@H]5SC4)c(CF)[nH]c3c2F)CC1. The van der Waals surface area contributed by atoms with Gasteiger partial charge in [-0.05, 0) is 18.7 Å². The maximum Gasteiger partial charge on any atom is 0.352 e. The summed E-state index contributed by atoms with van der Waals surface area (Å²) >= 11 is 1.14. The first-order valence-electron chi connectivity index (χ1n) is 15.0. The molecule has 0 radical (unpaired) electrons. The van der Waals surface area contributed by atoms with Crippen molar-refractivity contribution in [3.05, 3.63) is 86.3 Å². The molecule has 16 heteroatoms. The van der Waals surface area contributed by atoms with Crippen LogP contribution in [0.4, 0.5) is 18.9 Å². The highest BCUT2D eigenvalue weighted by atomic mass is 32.2. The van der Waals surface area contributed by atoms with E-state index in [2.05, 4.69) is 10.3 Å². The molecule has 6 rings (SSSR count). The lowest BCUT2D eigenvalue weighted by molar-refractivity contribution is -0.150. The van der Waals surface area contributed by atoms with Crippen molar-refractivity contribution in [1.29, 1.82) is 0 Å². The molecule has 2 fully saturated rings. The van der Waals surface area contributed by atoms with Crippen LogP contribution in [0.1, 0.15) is 21.6 Å². The van der Waals surface area contributed by atoms with Crippen molar-refractivity contribution in [2.24, 2.45) is 0 Å². The molecule has 3 aliphatic heterocycles. The predicted molar refractivity (Wildman–Crippen MR) is 169 cm³/mol. The number of anilines is 1. The molecule has 2 amide bonds. The highest BCUT2D eigenvalue weighted by molar-refractivity contribution is 8.00. The van der Waals surface area contributed by atoms with E-state index in [1.54, 1.807) is 30.3 Å². The molecule has 0 saturated carbocycles. The first-order chi connectivity index (χ1) is 23.0. The zero-order valence-electron chi connectivity index (χ0n) is 25.6. The lowest BCUT2D eigenvalue weighted by Crippen LogP contribution is -2.70. The number of H-pyrrole nitrogens is 1. The number of carboxylic acids is 1. The maximum atomic E-state index is 15.6. The summed E-state index contributed by atoms with van der Waals surface area (Å²) in [5.74, 6) is -6.05. The summed E-state index contributed by atoms with van der Waals surface area (Å²) in [6.07, 6.45) is 0.0241. The number of carbonyl (C=O) groups is 4. The van der Waals surface area contributed by atoms with Crippen molar-refractivity contribution in [2.75, 3.05) is 50.5 Å². The van der Waals surface area contributed by atoms with Gasteiger partial charge in [0.1, 0.15) is 47.5 Å². The van der Waals surface area contributed by atoms with Crippen LogP contribution < -0.4 is 15.6 Å². The van der Waals surface area contributed by atoms with E-state index in [4.69, 9.17) is 4.74 Å². The number of aromatic amines is 1. The van der Waals surface area contributed by atoms with Gasteiger partial charge in [-0.25, -0.2) is 22.8 Å². The average Bonchev–Trinajstić information content (AvgIpc) is 3.07. The largest absolute Gasteiger partial charge is 0.477 e. The van der Waals surface area contributed by atoms with Gasteiger partial charge in [-0.2, -0.15) is 0 Å². The number of halogens is 3. The molecular weight excluding hydrogens is 655 g/mol. The number of carboxylic acid groups (broad SMARTS) is 1. The molecule has 252 valence electrons. The molecule has 1 aromatic heterocycles. The smallest absolute Gasteiger partial charge is 0.352 e. The molecule has 4 heterocycles. The first-order valence-corrected chi connectivity index (χ1v) is 16.0. The number of esters is 1. The number of rotatable bonds is 9. The zero-order chi connectivity index (χ0) is 34.3. The fourth-order valence-electron chi connectivity index (χ4n) is 6.06. The number of likely N-dealkylation sites (N-methyl/N-ethyl adjacent to an activating group) is 1. The summed E-state index contributed by atoms with van der Waals surface area (Å²) < 4.78 is 50.2. The highest BCUT2D eigenvalue weighted by Crippen LogP contribution is 2.40. The average molecular weight is 686 g/mol. The van der Waals surface area contributed by atoms with Gasteiger partial charge in [-0.3, -0.25) is 19.3 Å². The molecule has 2 saturated heterocycles. The number of hydrogen-bond donors (Lipinski definition) is 3. The van der Waals surface area contributed by atoms with E-state index in [0.717, 1.165) is 28.3 Å². The number of thioether (sulfide) groups is 1. The monoisotopic (exact) mass is 685 g/mol. The van der Waals surface area contributed by atoms with Crippen LogP contribution in [0.2, 0.25) is 0 Å². The van der Waals surface area contributed by atoms with Gasteiger partial charge in [0.15, 0.2) is 5.82 Å². The molecule has 0 spiro atoms.